The lowest BCUT2D eigenvalue weighted by atomic mass is 10.2. The summed E-state index contributed by atoms with van der Waals surface area (Å²) in [6, 6.07) is 9.24. The number of esters is 1. The first-order valence-corrected chi connectivity index (χ1v) is 10.4. The van der Waals surface area contributed by atoms with Crippen molar-refractivity contribution in [2.45, 2.75) is 17.1 Å². The Labute approximate surface area is 155 Å². The van der Waals surface area contributed by atoms with Gasteiger partial charge in [0.1, 0.15) is 4.21 Å². The van der Waals surface area contributed by atoms with Gasteiger partial charge in [0.2, 0.25) is 0 Å². The summed E-state index contributed by atoms with van der Waals surface area (Å²) in [6.45, 7) is 0.992. The van der Waals surface area contributed by atoms with Crippen LogP contribution in [0.4, 0.5) is 5.69 Å². The Morgan fingerprint density at radius 3 is 2.54 bits per heavy atom. The van der Waals surface area contributed by atoms with Crippen molar-refractivity contribution in [3.63, 3.8) is 0 Å². The van der Waals surface area contributed by atoms with Crippen molar-refractivity contribution in [3.05, 3.63) is 47.3 Å². The number of likely N-dealkylation sites (tertiary alicyclic amines) is 1. The fourth-order valence-corrected chi connectivity index (χ4v) is 4.70. The lowest BCUT2D eigenvalue weighted by Gasteiger charge is -2.15. The number of nitrogens with zero attached hydrogens (tertiary/aromatic N) is 1. The van der Waals surface area contributed by atoms with Gasteiger partial charge in [-0.25, -0.2) is 13.2 Å². The number of carbonyl (C=O) groups excluding carboxylic acids is 2. The maximum atomic E-state index is 12.4. The second kappa shape index (κ2) is 7.88. The van der Waals surface area contributed by atoms with Gasteiger partial charge in [-0.2, -0.15) is 0 Å². The fourth-order valence-electron chi connectivity index (χ4n) is 2.62. The van der Waals surface area contributed by atoms with E-state index >= 15 is 0 Å². The number of anilines is 1. The van der Waals surface area contributed by atoms with Crippen LogP contribution in [0.1, 0.15) is 23.2 Å². The van der Waals surface area contributed by atoms with Gasteiger partial charge in [-0.05, 0) is 36.4 Å². The third-order valence-electron chi connectivity index (χ3n) is 3.94. The van der Waals surface area contributed by atoms with Crippen LogP contribution in [0.15, 0.2) is 46.0 Å². The van der Waals surface area contributed by atoms with Crippen molar-refractivity contribution in [2.24, 2.45) is 0 Å². The Bertz CT molecular complexity index is 888. The van der Waals surface area contributed by atoms with E-state index in [-0.39, 0.29) is 28.0 Å². The number of thiophene rings is 1. The fraction of sp³-hybridized carbons (Fsp3) is 0.294. The number of nitrogens with one attached hydrogen (secondary N) is 1. The zero-order chi connectivity index (χ0) is 18.6. The molecule has 0 atom stereocenters. The number of rotatable bonds is 6. The monoisotopic (exact) mass is 394 g/mol. The van der Waals surface area contributed by atoms with Gasteiger partial charge in [0.15, 0.2) is 6.61 Å². The van der Waals surface area contributed by atoms with Gasteiger partial charge < -0.3 is 9.64 Å². The summed E-state index contributed by atoms with van der Waals surface area (Å²) in [4.78, 5) is 26.0. The first-order chi connectivity index (χ1) is 12.5. The van der Waals surface area contributed by atoms with Crippen LogP contribution in [-0.4, -0.2) is 44.9 Å². The van der Waals surface area contributed by atoms with Crippen LogP contribution >= 0.6 is 11.3 Å². The van der Waals surface area contributed by atoms with Crippen LogP contribution < -0.4 is 4.72 Å². The van der Waals surface area contributed by atoms with Crippen LogP contribution in [0.25, 0.3) is 0 Å². The van der Waals surface area contributed by atoms with E-state index in [0.29, 0.717) is 13.1 Å². The van der Waals surface area contributed by atoms with Crippen LogP contribution in [0, 0.1) is 0 Å². The molecule has 3 rings (SSSR count). The van der Waals surface area contributed by atoms with Crippen LogP contribution in [0.3, 0.4) is 0 Å². The Kier molecular flexibility index (Phi) is 5.58. The highest BCUT2D eigenvalue weighted by Gasteiger charge is 2.22. The second-order valence-corrected chi connectivity index (χ2v) is 8.60. The summed E-state index contributed by atoms with van der Waals surface area (Å²) >= 11 is 1.07. The number of benzene rings is 1. The number of amides is 1. The molecule has 1 fully saturated rings. The highest BCUT2D eigenvalue weighted by atomic mass is 32.2. The van der Waals surface area contributed by atoms with Gasteiger partial charge in [-0.1, -0.05) is 18.2 Å². The average molecular weight is 394 g/mol. The molecule has 0 radical (unpaired) electrons. The zero-order valence-electron chi connectivity index (χ0n) is 13.9. The molecular formula is C17H18N2O5S2. The molecule has 1 N–H and O–H groups in total. The van der Waals surface area contributed by atoms with Gasteiger partial charge in [0.05, 0.1) is 11.3 Å². The molecule has 9 heteroatoms. The minimum absolute atomic E-state index is 0.0573. The van der Waals surface area contributed by atoms with E-state index in [1.54, 1.807) is 28.5 Å². The minimum Gasteiger partial charge on any atom is -0.452 e. The van der Waals surface area contributed by atoms with Gasteiger partial charge >= 0.3 is 5.97 Å². The normalized spacial score (nSPS) is 14.2. The molecule has 1 amide bonds. The van der Waals surface area contributed by atoms with Gasteiger partial charge in [0.25, 0.3) is 15.9 Å². The van der Waals surface area contributed by atoms with E-state index < -0.39 is 16.0 Å². The van der Waals surface area contributed by atoms with Crippen LogP contribution in [0.2, 0.25) is 0 Å². The number of ether oxygens (including phenoxy) is 1. The standard InChI is InChI=1S/C17H18N2O5S2/c20-15(19-9-3-4-10-19)12-24-17(21)13-6-1-2-7-14(13)18-26(22,23)16-8-5-11-25-16/h1-2,5-8,11,18H,3-4,9-10,12H2. The zero-order valence-corrected chi connectivity index (χ0v) is 15.5. The second-order valence-electron chi connectivity index (χ2n) is 5.75. The molecule has 0 bridgehead atoms. The Morgan fingerprint density at radius 2 is 1.85 bits per heavy atom. The van der Waals surface area contributed by atoms with Crippen LogP contribution in [0.5, 0.6) is 0 Å². The van der Waals surface area contributed by atoms with Crippen molar-refractivity contribution in [3.8, 4) is 0 Å². The molecule has 1 saturated heterocycles. The number of hydrogen-bond acceptors (Lipinski definition) is 6. The maximum absolute atomic E-state index is 12.4. The minimum atomic E-state index is -3.78. The Hall–Kier alpha value is -2.39. The first-order valence-electron chi connectivity index (χ1n) is 8.07. The van der Waals surface area contributed by atoms with Crippen LogP contribution in [-0.2, 0) is 19.6 Å². The van der Waals surface area contributed by atoms with E-state index in [9.17, 15) is 18.0 Å². The highest BCUT2D eigenvalue weighted by molar-refractivity contribution is 7.94. The third-order valence-corrected chi connectivity index (χ3v) is 6.70. The molecule has 0 spiro atoms. The van der Waals surface area contributed by atoms with E-state index in [0.717, 1.165) is 24.2 Å². The van der Waals surface area contributed by atoms with Crippen molar-refractivity contribution in [2.75, 3.05) is 24.4 Å². The average Bonchev–Trinajstić information content (AvgIpc) is 3.33. The third kappa shape index (κ3) is 4.23. The number of carbonyl (C=O) groups is 2. The van der Waals surface area contributed by atoms with E-state index in [1.807, 2.05) is 0 Å². The van der Waals surface area contributed by atoms with Crippen molar-refractivity contribution >= 4 is 38.9 Å². The van der Waals surface area contributed by atoms with Crippen molar-refractivity contribution in [1.82, 2.24) is 4.90 Å². The number of sulfonamides is 1. The summed E-state index contributed by atoms with van der Waals surface area (Å²) in [5.74, 6) is -0.991. The SMILES string of the molecule is O=C(OCC(=O)N1CCCC1)c1ccccc1NS(=O)(=O)c1cccs1. The summed E-state index contributed by atoms with van der Waals surface area (Å²) in [5.41, 5.74) is 0.168. The summed E-state index contributed by atoms with van der Waals surface area (Å²) in [6.07, 6.45) is 1.90. The molecule has 1 aromatic carbocycles. The largest absolute Gasteiger partial charge is 0.452 e. The molecule has 2 aromatic rings. The molecular weight excluding hydrogens is 376 g/mol. The number of hydrogen-bond donors (Lipinski definition) is 1. The van der Waals surface area contributed by atoms with E-state index in [4.69, 9.17) is 4.74 Å². The lowest BCUT2D eigenvalue weighted by Crippen LogP contribution is -2.32. The maximum Gasteiger partial charge on any atom is 0.340 e. The Balaban J connectivity index is 1.70. The van der Waals surface area contributed by atoms with E-state index in [1.165, 1.54) is 18.2 Å². The summed E-state index contributed by atoms with van der Waals surface area (Å²) < 4.78 is 32.4. The van der Waals surface area contributed by atoms with Gasteiger partial charge in [0, 0.05) is 13.1 Å². The molecule has 1 aromatic heterocycles. The van der Waals surface area contributed by atoms with E-state index in [2.05, 4.69) is 4.72 Å². The molecule has 1 aliphatic heterocycles. The van der Waals surface area contributed by atoms with Gasteiger partial charge in [-0.15, -0.1) is 11.3 Å². The molecule has 1 aliphatic rings. The quantitative estimate of drug-likeness (QED) is 0.759. The van der Waals surface area contributed by atoms with Gasteiger partial charge in [-0.3, -0.25) is 9.52 Å². The Morgan fingerprint density at radius 1 is 1.12 bits per heavy atom. The molecule has 26 heavy (non-hydrogen) atoms. The predicted molar refractivity (Wildman–Crippen MR) is 97.7 cm³/mol. The van der Waals surface area contributed by atoms with Crippen molar-refractivity contribution in [1.29, 1.82) is 0 Å². The first kappa shape index (κ1) is 18.4. The molecule has 0 unspecified atom stereocenters. The topological polar surface area (TPSA) is 92.8 Å². The van der Waals surface area contributed by atoms with Crippen molar-refractivity contribution < 1.29 is 22.7 Å². The smallest absolute Gasteiger partial charge is 0.340 e. The molecule has 2 heterocycles. The summed E-state index contributed by atoms with van der Waals surface area (Å²) in [7, 11) is -3.78. The molecule has 138 valence electrons. The highest BCUT2D eigenvalue weighted by Crippen LogP contribution is 2.23. The lowest BCUT2D eigenvalue weighted by molar-refractivity contribution is -0.133. The number of para-hydroxylation sites is 1. The molecule has 7 nitrogen and oxygen atoms in total. The summed E-state index contributed by atoms with van der Waals surface area (Å²) in [5, 5.41) is 1.65. The molecule has 0 saturated carbocycles. The predicted octanol–water partition coefficient (Wildman–Crippen LogP) is 2.33. The molecule has 0 aliphatic carbocycles.